The van der Waals surface area contributed by atoms with E-state index in [-0.39, 0.29) is 19.1 Å². The van der Waals surface area contributed by atoms with Gasteiger partial charge in [0.1, 0.15) is 12.6 Å². The zero-order chi connectivity index (χ0) is 31.1. The molecule has 1 saturated heterocycles. The maximum atomic E-state index is 13.4. The van der Waals surface area contributed by atoms with Crippen LogP contribution in [0.3, 0.4) is 0 Å². The molecule has 232 valence electrons. The van der Waals surface area contributed by atoms with Crippen molar-refractivity contribution < 1.29 is 23.8 Å². The lowest BCUT2D eigenvalue weighted by Crippen LogP contribution is -2.38. The molecule has 2 aromatic carbocycles. The second kappa shape index (κ2) is 14.7. The number of hydrogen-bond acceptors (Lipinski definition) is 9. The number of nitrogens with one attached hydrogen (secondary N) is 1. The van der Waals surface area contributed by atoms with Gasteiger partial charge in [-0.05, 0) is 62.4 Å². The maximum absolute atomic E-state index is 13.4. The highest BCUT2D eigenvalue weighted by Crippen LogP contribution is 2.40. The summed E-state index contributed by atoms with van der Waals surface area (Å²) in [7, 11) is 0. The highest BCUT2D eigenvalue weighted by Gasteiger charge is 2.36. The molecule has 1 fully saturated rings. The average molecular weight is 638 g/mol. The van der Waals surface area contributed by atoms with Crippen molar-refractivity contribution in [1.29, 1.82) is 0 Å². The summed E-state index contributed by atoms with van der Waals surface area (Å²) >= 11 is 7.80. The van der Waals surface area contributed by atoms with E-state index in [4.69, 9.17) is 35.9 Å². The number of carbonyl (C=O) groups is 2. The van der Waals surface area contributed by atoms with Crippen LogP contribution < -0.4 is 14.8 Å². The second-order valence-electron chi connectivity index (χ2n) is 10.4. The zero-order valence-corrected chi connectivity index (χ0v) is 26.5. The molecule has 0 aliphatic carbocycles. The van der Waals surface area contributed by atoms with E-state index in [0.29, 0.717) is 56.8 Å². The number of esters is 1. The van der Waals surface area contributed by atoms with Crippen molar-refractivity contribution in [3.8, 4) is 11.5 Å². The number of allylic oxidation sites excluding steroid dienone is 1. The Hall–Kier alpha value is -3.96. The number of halogens is 1. The second-order valence-corrected chi connectivity index (χ2v) is 11.7. The van der Waals surface area contributed by atoms with Crippen molar-refractivity contribution in [2.75, 3.05) is 38.2 Å². The van der Waals surface area contributed by atoms with Crippen LogP contribution in [0.4, 0.5) is 5.95 Å². The first-order chi connectivity index (χ1) is 21.4. The van der Waals surface area contributed by atoms with Gasteiger partial charge in [-0.15, -0.1) is 5.10 Å². The van der Waals surface area contributed by atoms with Gasteiger partial charge in [-0.3, -0.25) is 4.79 Å². The molecular formula is C32H36ClN5O5S. The standard InChI is InChI=1S/C32H36ClN5O5S/c1-4-17-42-30(40)28-21(3)34-31-35-32(44-20-23-11-7-8-12-24(23)33)36-38(31)29(28)22-13-14-25(26(18-22)41-5-2)43-19-27(39)37-15-9-6-10-16-37/h4,7-8,11-14,18,29H,1,5-6,9-10,15-17,19-20H2,2-3H3,(H,34,35,36). The quantitative estimate of drug-likeness (QED) is 0.145. The van der Waals surface area contributed by atoms with Crippen LogP contribution in [0.5, 0.6) is 11.5 Å². The summed E-state index contributed by atoms with van der Waals surface area (Å²) in [5.41, 5.74) is 2.65. The van der Waals surface area contributed by atoms with Crippen molar-refractivity contribution in [1.82, 2.24) is 19.7 Å². The summed E-state index contributed by atoms with van der Waals surface area (Å²) in [4.78, 5) is 32.7. The van der Waals surface area contributed by atoms with E-state index in [2.05, 4.69) is 11.9 Å². The number of nitrogens with zero attached hydrogens (tertiary/aromatic N) is 4. The molecule has 12 heteroatoms. The number of carbonyl (C=O) groups excluding carboxylic acids is 2. The van der Waals surface area contributed by atoms with Crippen LogP contribution in [-0.2, 0) is 20.1 Å². The molecule has 1 aromatic heterocycles. The molecule has 0 bridgehead atoms. The molecule has 0 saturated carbocycles. The topological polar surface area (TPSA) is 108 Å². The van der Waals surface area contributed by atoms with Gasteiger partial charge in [0.15, 0.2) is 18.1 Å². The molecule has 1 atom stereocenters. The molecule has 2 aliphatic heterocycles. The molecule has 1 N–H and O–H groups in total. The van der Waals surface area contributed by atoms with Gasteiger partial charge in [0.25, 0.3) is 5.91 Å². The number of likely N-dealkylation sites (tertiary alicyclic amines) is 1. The number of thioether (sulfide) groups is 1. The Morgan fingerprint density at radius 3 is 2.68 bits per heavy atom. The summed E-state index contributed by atoms with van der Waals surface area (Å²) in [5.74, 6) is 1.42. The van der Waals surface area contributed by atoms with Crippen LogP contribution in [0.1, 0.15) is 50.3 Å². The Kier molecular flexibility index (Phi) is 10.5. The van der Waals surface area contributed by atoms with Gasteiger partial charge in [-0.1, -0.05) is 60.3 Å². The van der Waals surface area contributed by atoms with Gasteiger partial charge >= 0.3 is 5.97 Å². The molecule has 10 nitrogen and oxygen atoms in total. The fraction of sp³-hybridized carbons (Fsp3) is 0.375. The zero-order valence-electron chi connectivity index (χ0n) is 24.9. The molecule has 44 heavy (non-hydrogen) atoms. The van der Waals surface area contributed by atoms with Gasteiger partial charge in [0.05, 0.1) is 12.2 Å². The average Bonchev–Trinajstić information content (AvgIpc) is 3.44. The summed E-state index contributed by atoms with van der Waals surface area (Å²) in [6, 6.07) is 12.4. The SMILES string of the molecule is C=CCOC(=O)C1=C(C)Nc2nc(SCc3ccccc3Cl)nn2C1c1ccc(OCC(=O)N2CCCCC2)c(OCC)c1. The molecule has 3 heterocycles. The number of amides is 1. The third-order valence-electron chi connectivity index (χ3n) is 7.34. The third-order valence-corrected chi connectivity index (χ3v) is 8.60. The van der Waals surface area contributed by atoms with Crippen LogP contribution in [-0.4, -0.2) is 64.5 Å². The molecule has 2 aliphatic rings. The third kappa shape index (κ3) is 7.22. The van der Waals surface area contributed by atoms with Crippen LogP contribution in [0.2, 0.25) is 5.02 Å². The normalized spacial score (nSPS) is 16.2. The first-order valence-electron chi connectivity index (χ1n) is 14.7. The minimum atomic E-state index is -0.672. The molecule has 3 aromatic rings. The highest BCUT2D eigenvalue weighted by atomic mass is 35.5. The van der Waals surface area contributed by atoms with Crippen LogP contribution in [0.25, 0.3) is 0 Å². The van der Waals surface area contributed by atoms with Crippen LogP contribution in [0.15, 0.2) is 71.5 Å². The lowest BCUT2D eigenvalue weighted by Gasteiger charge is -2.28. The Balaban J connectivity index is 1.45. The van der Waals surface area contributed by atoms with Crippen molar-refractivity contribution in [2.24, 2.45) is 0 Å². The number of hydrogen-bond donors (Lipinski definition) is 1. The molecule has 5 rings (SSSR count). The number of ether oxygens (including phenoxy) is 3. The fourth-order valence-corrected chi connectivity index (χ4v) is 6.31. The Morgan fingerprint density at radius 1 is 1.14 bits per heavy atom. The lowest BCUT2D eigenvalue weighted by atomic mass is 9.95. The molecule has 1 unspecified atom stereocenters. The first-order valence-corrected chi connectivity index (χ1v) is 16.0. The van der Waals surface area contributed by atoms with Gasteiger partial charge in [-0.25, -0.2) is 9.48 Å². The number of rotatable bonds is 12. The summed E-state index contributed by atoms with van der Waals surface area (Å²) < 4.78 is 19.1. The Bertz CT molecular complexity index is 1550. The van der Waals surface area contributed by atoms with E-state index < -0.39 is 12.0 Å². The highest BCUT2D eigenvalue weighted by molar-refractivity contribution is 7.98. The van der Waals surface area contributed by atoms with E-state index in [9.17, 15) is 9.59 Å². The number of fused-ring (bicyclic) bond motifs is 1. The van der Waals surface area contributed by atoms with Gasteiger partial charge in [0.2, 0.25) is 11.1 Å². The van der Waals surface area contributed by atoms with E-state index >= 15 is 0 Å². The van der Waals surface area contributed by atoms with Gasteiger partial charge in [0, 0.05) is 29.6 Å². The Morgan fingerprint density at radius 2 is 1.93 bits per heavy atom. The predicted molar refractivity (Wildman–Crippen MR) is 170 cm³/mol. The number of piperidine rings is 1. The van der Waals surface area contributed by atoms with Gasteiger partial charge < -0.3 is 24.4 Å². The molecule has 1 amide bonds. The number of benzene rings is 2. The smallest absolute Gasteiger partial charge is 0.338 e. The summed E-state index contributed by atoms with van der Waals surface area (Å²) in [6.07, 6.45) is 4.68. The monoisotopic (exact) mass is 637 g/mol. The first kappa shape index (κ1) is 31.5. The largest absolute Gasteiger partial charge is 0.490 e. The maximum Gasteiger partial charge on any atom is 0.338 e. The Labute approximate surface area is 266 Å². The predicted octanol–water partition coefficient (Wildman–Crippen LogP) is 6.03. The van der Waals surface area contributed by atoms with Crippen molar-refractivity contribution in [3.63, 3.8) is 0 Å². The summed E-state index contributed by atoms with van der Waals surface area (Å²) in [5, 5.41) is 9.20. The minimum Gasteiger partial charge on any atom is -0.490 e. The summed E-state index contributed by atoms with van der Waals surface area (Å²) in [6.45, 7) is 9.21. The van der Waals surface area contributed by atoms with Crippen molar-refractivity contribution >= 4 is 41.2 Å². The van der Waals surface area contributed by atoms with E-state index in [1.807, 2.05) is 48.2 Å². The minimum absolute atomic E-state index is 0.0468. The van der Waals surface area contributed by atoms with Gasteiger partial charge in [-0.2, -0.15) is 4.98 Å². The fourth-order valence-electron chi connectivity index (χ4n) is 5.19. The lowest BCUT2D eigenvalue weighted by molar-refractivity contribution is -0.138. The molecule has 0 spiro atoms. The van der Waals surface area contributed by atoms with E-state index in [0.717, 1.165) is 37.9 Å². The number of anilines is 1. The van der Waals surface area contributed by atoms with E-state index in [1.54, 1.807) is 17.7 Å². The van der Waals surface area contributed by atoms with Crippen LogP contribution >= 0.6 is 23.4 Å². The van der Waals surface area contributed by atoms with Crippen molar-refractivity contribution in [2.45, 2.75) is 50.1 Å². The molecule has 0 radical (unpaired) electrons. The number of aromatic nitrogens is 3. The van der Waals surface area contributed by atoms with E-state index in [1.165, 1.54) is 17.8 Å². The van der Waals surface area contributed by atoms with Crippen molar-refractivity contribution in [3.05, 3.63) is 82.5 Å². The van der Waals surface area contributed by atoms with Crippen LogP contribution in [0, 0.1) is 0 Å². The molecular weight excluding hydrogens is 602 g/mol.